The number of hydrogen-bond acceptors (Lipinski definition) is 3. The van der Waals surface area contributed by atoms with Crippen molar-refractivity contribution >= 4 is 11.8 Å². The Morgan fingerprint density at radius 2 is 1.94 bits per heavy atom. The van der Waals surface area contributed by atoms with E-state index in [0.29, 0.717) is 11.5 Å². The molecule has 0 aromatic rings. The molecular weight excluding hydrogens is 228 g/mol. The number of rotatable bonds is 7. The predicted molar refractivity (Wildman–Crippen MR) is 79.7 cm³/mol. The van der Waals surface area contributed by atoms with Crippen molar-refractivity contribution in [2.45, 2.75) is 51.5 Å². The number of thioether (sulfide) groups is 1. The third kappa shape index (κ3) is 4.80. The predicted octanol–water partition coefficient (Wildman–Crippen LogP) is 2.97. The van der Waals surface area contributed by atoms with Gasteiger partial charge in [0.25, 0.3) is 0 Å². The Hall–Kier alpha value is 0.270. The van der Waals surface area contributed by atoms with E-state index < -0.39 is 0 Å². The molecular formula is C14H30N2S. The van der Waals surface area contributed by atoms with Crippen LogP contribution in [0.15, 0.2) is 0 Å². The molecule has 1 fully saturated rings. The van der Waals surface area contributed by atoms with Crippen LogP contribution >= 0.6 is 11.8 Å². The molecule has 1 rings (SSSR count). The Labute approximate surface area is 112 Å². The average molecular weight is 258 g/mol. The number of nitrogens with zero attached hydrogens (tertiary/aromatic N) is 1. The van der Waals surface area contributed by atoms with Crippen molar-refractivity contribution in [2.75, 3.05) is 32.1 Å². The third-order valence-corrected chi connectivity index (χ3v) is 5.32. The van der Waals surface area contributed by atoms with Crippen LogP contribution in [0.4, 0.5) is 0 Å². The molecule has 1 unspecified atom stereocenters. The molecule has 1 saturated carbocycles. The minimum Gasteiger partial charge on any atom is -0.330 e. The molecule has 0 radical (unpaired) electrons. The summed E-state index contributed by atoms with van der Waals surface area (Å²) in [7, 11) is 2.26. The van der Waals surface area contributed by atoms with Crippen molar-refractivity contribution in [1.82, 2.24) is 4.90 Å². The molecule has 1 atom stereocenters. The zero-order chi connectivity index (χ0) is 12.7. The van der Waals surface area contributed by atoms with Crippen LogP contribution in [0.3, 0.4) is 0 Å². The minimum absolute atomic E-state index is 0.464. The first-order chi connectivity index (χ1) is 8.13. The van der Waals surface area contributed by atoms with Crippen LogP contribution in [0.2, 0.25) is 0 Å². The molecule has 102 valence electrons. The van der Waals surface area contributed by atoms with E-state index in [9.17, 15) is 0 Å². The van der Waals surface area contributed by atoms with Gasteiger partial charge in [0.2, 0.25) is 0 Å². The molecule has 1 aliphatic rings. The molecule has 1 aliphatic carbocycles. The molecule has 2 nitrogen and oxygen atoms in total. The molecule has 0 spiro atoms. The van der Waals surface area contributed by atoms with E-state index in [1.165, 1.54) is 50.8 Å². The first-order valence-electron chi connectivity index (χ1n) is 7.03. The van der Waals surface area contributed by atoms with E-state index in [0.717, 1.165) is 6.54 Å². The fourth-order valence-corrected chi connectivity index (χ4v) is 3.60. The highest BCUT2D eigenvalue weighted by Gasteiger charge is 2.30. The quantitative estimate of drug-likeness (QED) is 0.761. The van der Waals surface area contributed by atoms with Crippen LogP contribution in [0.25, 0.3) is 0 Å². The second kappa shape index (κ2) is 7.65. The molecule has 0 aliphatic heterocycles. The lowest BCUT2D eigenvalue weighted by Crippen LogP contribution is -2.39. The summed E-state index contributed by atoms with van der Waals surface area (Å²) in [5.41, 5.74) is 6.50. The Kier molecular flexibility index (Phi) is 6.90. The molecule has 0 amide bonds. The van der Waals surface area contributed by atoms with E-state index in [1.807, 2.05) is 11.8 Å². The molecule has 3 heteroatoms. The highest BCUT2D eigenvalue weighted by atomic mass is 32.2. The van der Waals surface area contributed by atoms with Gasteiger partial charge in [-0.25, -0.2) is 0 Å². The summed E-state index contributed by atoms with van der Waals surface area (Å²) < 4.78 is 0. The van der Waals surface area contributed by atoms with Crippen LogP contribution in [-0.4, -0.2) is 43.1 Å². The Balaban J connectivity index is 2.36. The van der Waals surface area contributed by atoms with E-state index >= 15 is 0 Å². The highest BCUT2D eigenvalue weighted by molar-refractivity contribution is 7.98. The zero-order valence-electron chi connectivity index (χ0n) is 11.9. The summed E-state index contributed by atoms with van der Waals surface area (Å²) in [6, 6.07) is 0.684. The lowest BCUT2D eigenvalue weighted by molar-refractivity contribution is 0.147. The van der Waals surface area contributed by atoms with E-state index in [1.54, 1.807) is 0 Å². The van der Waals surface area contributed by atoms with Crippen molar-refractivity contribution in [3.8, 4) is 0 Å². The lowest BCUT2D eigenvalue weighted by Gasteiger charge is -2.38. The maximum absolute atomic E-state index is 6.04. The standard InChI is InChI=1S/C14H30N2S/c1-13(11-17-3)16(2)10-9-14(12-15)7-5-4-6-8-14/h13H,4-12,15H2,1-3H3. The normalized spacial score (nSPS) is 21.7. The summed E-state index contributed by atoms with van der Waals surface area (Å²) in [4.78, 5) is 2.50. The maximum Gasteiger partial charge on any atom is 0.0154 e. The molecule has 2 N–H and O–H groups in total. The van der Waals surface area contributed by atoms with Gasteiger partial charge in [-0.2, -0.15) is 11.8 Å². The van der Waals surface area contributed by atoms with E-state index in [4.69, 9.17) is 5.73 Å². The van der Waals surface area contributed by atoms with Crippen LogP contribution in [0.1, 0.15) is 45.4 Å². The Bertz CT molecular complexity index is 202. The zero-order valence-corrected chi connectivity index (χ0v) is 12.7. The van der Waals surface area contributed by atoms with Crippen molar-refractivity contribution in [1.29, 1.82) is 0 Å². The van der Waals surface area contributed by atoms with Crippen LogP contribution < -0.4 is 5.73 Å². The van der Waals surface area contributed by atoms with Gasteiger partial charge >= 0.3 is 0 Å². The minimum atomic E-state index is 0.464. The number of nitrogens with two attached hydrogens (primary N) is 1. The van der Waals surface area contributed by atoms with Gasteiger partial charge in [0, 0.05) is 11.8 Å². The molecule has 17 heavy (non-hydrogen) atoms. The Morgan fingerprint density at radius 1 is 1.29 bits per heavy atom. The summed E-state index contributed by atoms with van der Waals surface area (Å²) >= 11 is 1.94. The monoisotopic (exact) mass is 258 g/mol. The number of hydrogen-bond donors (Lipinski definition) is 1. The highest BCUT2D eigenvalue weighted by Crippen LogP contribution is 2.38. The molecule has 0 saturated heterocycles. The van der Waals surface area contributed by atoms with Gasteiger partial charge in [0.1, 0.15) is 0 Å². The second-order valence-corrected chi connectivity index (χ2v) is 6.71. The van der Waals surface area contributed by atoms with E-state index in [2.05, 4.69) is 25.1 Å². The van der Waals surface area contributed by atoms with Crippen molar-refractivity contribution in [3.05, 3.63) is 0 Å². The van der Waals surface area contributed by atoms with Crippen molar-refractivity contribution in [3.63, 3.8) is 0 Å². The van der Waals surface area contributed by atoms with Gasteiger partial charge in [0.15, 0.2) is 0 Å². The SMILES string of the molecule is CSCC(C)N(C)CCC1(CN)CCCCC1. The second-order valence-electron chi connectivity index (χ2n) is 5.80. The van der Waals surface area contributed by atoms with Crippen LogP contribution in [0.5, 0.6) is 0 Å². The average Bonchev–Trinajstić information content (AvgIpc) is 2.37. The van der Waals surface area contributed by atoms with Gasteiger partial charge in [-0.3, -0.25) is 0 Å². The van der Waals surface area contributed by atoms with Gasteiger partial charge in [-0.15, -0.1) is 0 Å². The van der Waals surface area contributed by atoms with Crippen LogP contribution in [0, 0.1) is 5.41 Å². The summed E-state index contributed by atoms with van der Waals surface area (Å²) in [6.45, 7) is 4.42. The molecule has 0 aromatic carbocycles. The summed E-state index contributed by atoms with van der Waals surface area (Å²) in [5.74, 6) is 1.23. The Morgan fingerprint density at radius 3 is 2.47 bits per heavy atom. The maximum atomic E-state index is 6.04. The fourth-order valence-electron chi connectivity index (χ4n) is 2.86. The molecule has 0 bridgehead atoms. The van der Waals surface area contributed by atoms with Gasteiger partial charge in [-0.05, 0) is 58.0 Å². The van der Waals surface area contributed by atoms with Gasteiger partial charge < -0.3 is 10.6 Å². The summed E-state index contributed by atoms with van der Waals surface area (Å²) in [6.07, 6.45) is 10.4. The molecule has 0 aromatic heterocycles. The van der Waals surface area contributed by atoms with Crippen molar-refractivity contribution in [2.24, 2.45) is 11.1 Å². The van der Waals surface area contributed by atoms with E-state index in [-0.39, 0.29) is 0 Å². The van der Waals surface area contributed by atoms with Gasteiger partial charge in [0.05, 0.1) is 0 Å². The lowest BCUT2D eigenvalue weighted by atomic mass is 9.72. The summed E-state index contributed by atoms with van der Waals surface area (Å²) in [5, 5.41) is 0. The molecule has 0 heterocycles. The van der Waals surface area contributed by atoms with Crippen molar-refractivity contribution < 1.29 is 0 Å². The van der Waals surface area contributed by atoms with Gasteiger partial charge in [-0.1, -0.05) is 19.3 Å². The largest absolute Gasteiger partial charge is 0.330 e. The third-order valence-electron chi connectivity index (χ3n) is 4.50. The first-order valence-corrected chi connectivity index (χ1v) is 8.42. The smallest absolute Gasteiger partial charge is 0.0154 e. The van der Waals surface area contributed by atoms with Crippen LogP contribution in [-0.2, 0) is 0 Å². The topological polar surface area (TPSA) is 29.3 Å². The fraction of sp³-hybridized carbons (Fsp3) is 1.00. The first kappa shape index (κ1) is 15.3.